The molecule has 0 aliphatic carbocycles. The van der Waals surface area contributed by atoms with E-state index >= 15 is 0 Å². The number of aromatic carboxylic acids is 1. The van der Waals surface area contributed by atoms with Crippen molar-refractivity contribution in [3.8, 4) is 0 Å². The Hall–Kier alpha value is -3.85. The number of carboxylic acids is 1. The number of alkyl halides is 3. The Morgan fingerprint density at radius 2 is 1.50 bits per heavy atom. The van der Waals surface area contributed by atoms with E-state index in [-0.39, 0.29) is 28.4 Å². The molecule has 0 bridgehead atoms. The van der Waals surface area contributed by atoms with E-state index in [0.717, 1.165) is 43.6 Å². The van der Waals surface area contributed by atoms with Gasteiger partial charge in [0.25, 0.3) is 0 Å². The van der Waals surface area contributed by atoms with E-state index in [9.17, 15) is 27.9 Å². The molecule has 1 fully saturated rings. The number of nitrogens with zero attached hydrogens (tertiary/aromatic N) is 1. The monoisotopic (exact) mass is 497 g/mol. The summed E-state index contributed by atoms with van der Waals surface area (Å²) in [6.45, 7) is 4.09. The van der Waals surface area contributed by atoms with Crippen LogP contribution in [0.5, 0.6) is 0 Å². The third-order valence-electron chi connectivity index (χ3n) is 6.11. The van der Waals surface area contributed by atoms with E-state index in [1.165, 1.54) is 25.1 Å². The maximum atomic E-state index is 13.5. The second-order valence-electron chi connectivity index (χ2n) is 8.78. The highest BCUT2D eigenvalue weighted by atomic mass is 19.4. The molecule has 3 aromatic carbocycles. The molecular formula is C27H26F3N3O3. The topological polar surface area (TPSA) is 81.7 Å². The summed E-state index contributed by atoms with van der Waals surface area (Å²) in [5.41, 5.74) is 1.27. The second kappa shape index (κ2) is 10.4. The van der Waals surface area contributed by atoms with Crippen LogP contribution < -0.4 is 10.6 Å². The minimum absolute atomic E-state index is 0.0287. The molecule has 0 spiro atoms. The van der Waals surface area contributed by atoms with Gasteiger partial charge in [-0.15, -0.1) is 0 Å². The number of hydrogen-bond donors (Lipinski definition) is 3. The van der Waals surface area contributed by atoms with Crippen LogP contribution in [0.3, 0.4) is 0 Å². The fraction of sp³-hybridized carbons (Fsp3) is 0.259. The van der Waals surface area contributed by atoms with E-state index in [2.05, 4.69) is 15.5 Å². The second-order valence-corrected chi connectivity index (χ2v) is 8.78. The zero-order valence-electron chi connectivity index (χ0n) is 19.7. The van der Waals surface area contributed by atoms with Crippen LogP contribution in [0.2, 0.25) is 0 Å². The molecule has 36 heavy (non-hydrogen) atoms. The van der Waals surface area contributed by atoms with Crippen LogP contribution in [-0.4, -0.2) is 34.8 Å². The molecule has 188 valence electrons. The van der Waals surface area contributed by atoms with Crippen molar-refractivity contribution in [2.24, 2.45) is 0 Å². The Morgan fingerprint density at radius 3 is 2.17 bits per heavy atom. The van der Waals surface area contributed by atoms with Crippen molar-refractivity contribution in [2.45, 2.75) is 32.5 Å². The standard InChI is InChI=1S/C27H26F3N3O3/c1-17(34)21-14-18(16-33-12-4-5-13-33)8-10-23(21)32-25-15-19(27(28,29)30)9-11-24(25)31-22-7-3-2-6-20(22)26(35)36/h2-3,6-11,14-15,31-32H,4-5,12-13,16H2,1H3,(H,35,36). The Kier molecular flexibility index (Phi) is 7.30. The molecule has 4 rings (SSSR count). The van der Waals surface area contributed by atoms with E-state index in [4.69, 9.17) is 0 Å². The first kappa shape index (κ1) is 25.2. The molecule has 1 aliphatic rings. The number of nitrogens with one attached hydrogen (secondary N) is 2. The molecular weight excluding hydrogens is 471 g/mol. The van der Waals surface area contributed by atoms with Gasteiger partial charge in [-0.2, -0.15) is 13.2 Å². The smallest absolute Gasteiger partial charge is 0.416 e. The van der Waals surface area contributed by atoms with E-state index in [1.54, 1.807) is 24.3 Å². The van der Waals surface area contributed by atoms with Gasteiger partial charge >= 0.3 is 12.1 Å². The van der Waals surface area contributed by atoms with E-state index in [0.29, 0.717) is 17.8 Å². The SMILES string of the molecule is CC(=O)c1cc(CN2CCCC2)ccc1Nc1cc(C(F)(F)F)ccc1Nc1ccccc1C(=O)O. The summed E-state index contributed by atoms with van der Waals surface area (Å²) in [7, 11) is 0. The van der Waals surface area contributed by atoms with Gasteiger partial charge in [0, 0.05) is 17.8 Å². The van der Waals surface area contributed by atoms with Crippen molar-refractivity contribution in [3.05, 3.63) is 82.9 Å². The summed E-state index contributed by atoms with van der Waals surface area (Å²) in [5.74, 6) is -1.40. The highest BCUT2D eigenvalue weighted by Gasteiger charge is 2.31. The number of hydrogen-bond acceptors (Lipinski definition) is 5. The number of likely N-dealkylation sites (tertiary alicyclic amines) is 1. The molecule has 3 N–H and O–H groups in total. The van der Waals surface area contributed by atoms with Crippen LogP contribution in [0.4, 0.5) is 35.9 Å². The van der Waals surface area contributed by atoms with Gasteiger partial charge in [0.05, 0.1) is 28.2 Å². The number of carbonyl (C=O) groups is 2. The van der Waals surface area contributed by atoms with Gasteiger partial charge in [-0.25, -0.2) is 4.79 Å². The largest absolute Gasteiger partial charge is 0.478 e. The van der Waals surface area contributed by atoms with E-state index < -0.39 is 17.7 Å². The number of para-hydroxylation sites is 1. The first-order chi connectivity index (χ1) is 17.1. The summed E-state index contributed by atoms with van der Waals surface area (Å²) in [5, 5.41) is 15.4. The molecule has 0 radical (unpaired) electrons. The quantitative estimate of drug-likeness (QED) is 0.301. The summed E-state index contributed by atoms with van der Waals surface area (Å²) >= 11 is 0. The van der Waals surface area contributed by atoms with Gasteiger partial charge in [0.1, 0.15) is 0 Å². The van der Waals surface area contributed by atoms with Crippen molar-refractivity contribution in [1.82, 2.24) is 4.90 Å². The lowest BCUT2D eigenvalue weighted by Gasteiger charge is -2.20. The van der Waals surface area contributed by atoms with Gasteiger partial charge in [-0.1, -0.05) is 18.2 Å². The Labute approximate surface area is 206 Å². The maximum absolute atomic E-state index is 13.5. The molecule has 6 nitrogen and oxygen atoms in total. The summed E-state index contributed by atoms with van der Waals surface area (Å²) in [6.07, 6.45) is -2.32. The Morgan fingerprint density at radius 1 is 0.861 bits per heavy atom. The van der Waals surface area contributed by atoms with Crippen LogP contribution in [0.25, 0.3) is 0 Å². The lowest BCUT2D eigenvalue weighted by molar-refractivity contribution is -0.137. The number of Topliss-reactive ketones (excluding diaryl/α,β-unsaturated/α-hetero) is 1. The Balaban J connectivity index is 1.71. The fourth-order valence-electron chi connectivity index (χ4n) is 4.29. The van der Waals surface area contributed by atoms with Crippen LogP contribution in [0.1, 0.15) is 51.6 Å². The molecule has 3 aromatic rings. The molecule has 0 saturated carbocycles. The van der Waals surface area contributed by atoms with Crippen LogP contribution in [0.15, 0.2) is 60.7 Å². The molecule has 0 aromatic heterocycles. The van der Waals surface area contributed by atoms with E-state index in [1.807, 2.05) is 6.07 Å². The summed E-state index contributed by atoms with van der Waals surface area (Å²) in [4.78, 5) is 26.3. The average Bonchev–Trinajstić information content (AvgIpc) is 3.33. The first-order valence-electron chi connectivity index (χ1n) is 11.6. The first-order valence-corrected chi connectivity index (χ1v) is 11.6. The molecule has 9 heteroatoms. The van der Waals surface area contributed by atoms with Gasteiger partial charge in [-0.05, 0) is 80.9 Å². The third kappa shape index (κ3) is 5.85. The van der Waals surface area contributed by atoms with Crippen molar-refractivity contribution in [3.63, 3.8) is 0 Å². The van der Waals surface area contributed by atoms with Crippen molar-refractivity contribution >= 4 is 34.5 Å². The molecule has 0 amide bonds. The van der Waals surface area contributed by atoms with Crippen molar-refractivity contribution in [2.75, 3.05) is 23.7 Å². The number of benzene rings is 3. The average molecular weight is 498 g/mol. The molecule has 1 aliphatic heterocycles. The third-order valence-corrected chi connectivity index (χ3v) is 6.11. The predicted octanol–water partition coefficient (Wildman–Crippen LogP) is 6.69. The lowest BCUT2D eigenvalue weighted by atomic mass is 10.0. The number of carbonyl (C=O) groups excluding carboxylic acids is 1. The number of anilines is 4. The molecule has 1 heterocycles. The van der Waals surface area contributed by atoms with Gasteiger partial charge < -0.3 is 15.7 Å². The minimum atomic E-state index is -4.59. The summed E-state index contributed by atoms with van der Waals surface area (Å²) < 4.78 is 40.5. The van der Waals surface area contributed by atoms with Gasteiger partial charge in [0.15, 0.2) is 5.78 Å². The molecule has 0 atom stereocenters. The maximum Gasteiger partial charge on any atom is 0.416 e. The number of rotatable bonds is 8. The zero-order valence-corrected chi connectivity index (χ0v) is 19.7. The van der Waals surface area contributed by atoms with Crippen molar-refractivity contribution < 1.29 is 27.9 Å². The van der Waals surface area contributed by atoms with Gasteiger partial charge in [0.2, 0.25) is 0 Å². The Bertz CT molecular complexity index is 1280. The minimum Gasteiger partial charge on any atom is -0.478 e. The number of carboxylic acid groups (broad SMARTS) is 1. The number of ketones is 1. The highest BCUT2D eigenvalue weighted by Crippen LogP contribution is 2.37. The molecule has 1 saturated heterocycles. The summed E-state index contributed by atoms with van der Waals surface area (Å²) in [6, 6.07) is 14.5. The zero-order chi connectivity index (χ0) is 25.9. The molecule has 0 unspecified atom stereocenters. The van der Waals surface area contributed by atoms with Crippen LogP contribution in [0, 0.1) is 0 Å². The van der Waals surface area contributed by atoms with Gasteiger partial charge in [-0.3, -0.25) is 9.69 Å². The number of halogens is 3. The van der Waals surface area contributed by atoms with Crippen LogP contribution in [-0.2, 0) is 12.7 Å². The highest BCUT2D eigenvalue weighted by molar-refractivity contribution is 6.01. The predicted molar refractivity (Wildman–Crippen MR) is 132 cm³/mol. The van der Waals surface area contributed by atoms with Crippen LogP contribution >= 0.6 is 0 Å². The van der Waals surface area contributed by atoms with Crippen molar-refractivity contribution in [1.29, 1.82) is 0 Å². The normalized spacial score (nSPS) is 14.0. The fourth-order valence-corrected chi connectivity index (χ4v) is 4.29. The lowest BCUT2D eigenvalue weighted by Crippen LogP contribution is -2.18.